The van der Waals surface area contributed by atoms with Gasteiger partial charge in [-0.2, -0.15) is 0 Å². The second kappa shape index (κ2) is 14.7. The third-order valence-electron chi connectivity index (χ3n) is 5.04. The first kappa shape index (κ1) is 26.8. The minimum Gasteiger partial charge on any atom is -0.508 e. The summed E-state index contributed by atoms with van der Waals surface area (Å²) in [4.78, 5) is 12.1. The number of hydrogen-bond donors (Lipinski definition) is 2. The van der Waals surface area contributed by atoms with Gasteiger partial charge in [-0.25, -0.2) is 4.79 Å². The summed E-state index contributed by atoms with van der Waals surface area (Å²) in [6.07, 6.45) is 2.36. The van der Waals surface area contributed by atoms with E-state index in [1.54, 1.807) is 26.4 Å². The van der Waals surface area contributed by atoms with Crippen molar-refractivity contribution in [1.29, 1.82) is 0 Å². The molecule has 0 unspecified atom stereocenters. The van der Waals surface area contributed by atoms with Crippen LogP contribution in [-0.2, 0) is 23.1 Å². The summed E-state index contributed by atoms with van der Waals surface area (Å²) < 4.78 is 28.2. The van der Waals surface area contributed by atoms with Gasteiger partial charge in [0, 0.05) is 14.2 Å². The van der Waals surface area contributed by atoms with Gasteiger partial charge in [-0.15, -0.1) is 0 Å². The normalized spacial score (nSPS) is 11.5. The van der Waals surface area contributed by atoms with Crippen LogP contribution in [0.5, 0.6) is 11.5 Å². The summed E-state index contributed by atoms with van der Waals surface area (Å²) in [5, 5.41) is 20.0. The maximum Gasteiger partial charge on any atom is 0.372 e. The smallest absolute Gasteiger partial charge is 0.372 e. The molecule has 0 heterocycles. The Morgan fingerprint density at radius 3 is 1.82 bits per heavy atom. The molecule has 0 amide bonds. The van der Waals surface area contributed by atoms with Gasteiger partial charge in [-0.05, 0) is 54.0 Å². The van der Waals surface area contributed by atoms with Gasteiger partial charge in [0.15, 0.2) is 0 Å². The number of ether oxygens (including phenoxy) is 3. The Labute approximate surface area is 196 Å². The lowest BCUT2D eigenvalue weighted by Crippen LogP contribution is -2.54. The summed E-state index contributed by atoms with van der Waals surface area (Å²) in [6.45, 7) is 2.02. The molecule has 2 N–H and O–H groups in total. The number of phenols is 2. The highest BCUT2D eigenvalue weighted by Crippen LogP contribution is 2.20. The molecule has 0 saturated carbocycles. The molecule has 0 spiro atoms. The molecule has 2 aromatic rings. The molecular formula is C24H34O8Si. The standard InChI is InChI=1S/C24H34O8Si/c1-28-15-17-31-33(32-18-16-29-2,23-12-10-22(26)11-13-23)19-5-3-4-14-30-24(27)20-6-8-21(25)9-7-20/h6-13,25-26H,3-5,14-19H2,1-2H3. The van der Waals surface area contributed by atoms with E-state index < -0.39 is 14.5 Å². The van der Waals surface area contributed by atoms with Gasteiger partial charge >= 0.3 is 14.5 Å². The number of benzene rings is 2. The number of rotatable bonds is 16. The van der Waals surface area contributed by atoms with Gasteiger partial charge in [-0.1, -0.05) is 25.0 Å². The lowest BCUT2D eigenvalue weighted by Gasteiger charge is -2.31. The van der Waals surface area contributed by atoms with E-state index >= 15 is 0 Å². The summed E-state index contributed by atoms with van der Waals surface area (Å²) in [7, 11) is 0.435. The molecule has 0 aliphatic heterocycles. The molecule has 0 aliphatic carbocycles. The van der Waals surface area contributed by atoms with E-state index in [9.17, 15) is 15.0 Å². The minimum atomic E-state index is -2.81. The number of unbranched alkanes of at least 4 members (excludes halogenated alkanes) is 2. The van der Waals surface area contributed by atoms with E-state index in [0.717, 1.165) is 18.0 Å². The zero-order valence-electron chi connectivity index (χ0n) is 19.3. The average Bonchev–Trinajstić information content (AvgIpc) is 2.82. The Morgan fingerprint density at radius 2 is 1.27 bits per heavy atom. The third-order valence-corrected chi connectivity index (χ3v) is 8.60. The van der Waals surface area contributed by atoms with E-state index in [1.165, 1.54) is 24.3 Å². The molecular weight excluding hydrogens is 444 g/mol. The van der Waals surface area contributed by atoms with E-state index in [1.807, 2.05) is 12.1 Å². The lowest BCUT2D eigenvalue weighted by molar-refractivity contribution is 0.0497. The van der Waals surface area contributed by atoms with Gasteiger partial charge in [0.1, 0.15) is 11.5 Å². The highest BCUT2D eigenvalue weighted by molar-refractivity contribution is 6.81. The molecule has 0 bridgehead atoms. The fourth-order valence-corrected chi connectivity index (χ4v) is 6.48. The molecule has 2 rings (SSSR count). The largest absolute Gasteiger partial charge is 0.508 e. The topological polar surface area (TPSA) is 104 Å². The number of hydrogen-bond acceptors (Lipinski definition) is 8. The van der Waals surface area contributed by atoms with Crippen LogP contribution in [0, 0.1) is 0 Å². The number of methoxy groups -OCH3 is 2. The second-order valence-corrected chi connectivity index (χ2v) is 10.6. The molecule has 0 saturated heterocycles. The van der Waals surface area contributed by atoms with Gasteiger partial charge < -0.3 is 33.3 Å². The molecule has 9 heteroatoms. The van der Waals surface area contributed by atoms with Crippen molar-refractivity contribution >= 4 is 19.7 Å². The Balaban J connectivity index is 1.92. The fourth-order valence-electron chi connectivity index (χ4n) is 3.27. The van der Waals surface area contributed by atoms with Crippen LogP contribution in [-0.4, -0.2) is 72.0 Å². The van der Waals surface area contributed by atoms with Gasteiger partial charge in [0.2, 0.25) is 0 Å². The first-order valence-corrected chi connectivity index (χ1v) is 13.0. The van der Waals surface area contributed by atoms with Gasteiger partial charge in [-0.3, -0.25) is 0 Å². The Kier molecular flexibility index (Phi) is 11.9. The monoisotopic (exact) mass is 478 g/mol. The van der Waals surface area contributed by atoms with Crippen LogP contribution < -0.4 is 5.19 Å². The number of carbonyl (C=O) groups excluding carboxylic acids is 1. The number of esters is 1. The van der Waals surface area contributed by atoms with Gasteiger partial charge in [0.05, 0.1) is 38.6 Å². The molecule has 0 aliphatic rings. The Morgan fingerprint density at radius 1 is 0.727 bits per heavy atom. The van der Waals surface area contributed by atoms with Crippen LogP contribution in [0.2, 0.25) is 6.04 Å². The van der Waals surface area contributed by atoms with Crippen molar-refractivity contribution in [3.63, 3.8) is 0 Å². The molecule has 0 fully saturated rings. The average molecular weight is 479 g/mol. The van der Waals surface area contributed by atoms with Crippen molar-refractivity contribution in [2.24, 2.45) is 0 Å². The summed E-state index contributed by atoms with van der Waals surface area (Å²) in [5.74, 6) is -0.118. The second-order valence-electron chi connectivity index (χ2n) is 7.48. The summed E-state index contributed by atoms with van der Waals surface area (Å²) in [5.41, 5.74) is 0.407. The van der Waals surface area contributed by atoms with E-state index in [0.29, 0.717) is 51.1 Å². The summed E-state index contributed by atoms with van der Waals surface area (Å²) in [6, 6.07) is 13.7. The highest BCUT2D eigenvalue weighted by atomic mass is 28.4. The van der Waals surface area contributed by atoms with Crippen molar-refractivity contribution in [2.75, 3.05) is 47.3 Å². The SMILES string of the molecule is COCCO[Si](CCCCCOC(=O)c1ccc(O)cc1)(OCCOC)c1ccc(O)cc1. The van der Waals surface area contributed by atoms with Crippen molar-refractivity contribution in [2.45, 2.75) is 25.3 Å². The molecule has 0 aromatic heterocycles. The third kappa shape index (κ3) is 9.15. The zero-order chi connectivity index (χ0) is 23.9. The Bertz CT molecular complexity index is 800. The van der Waals surface area contributed by atoms with Crippen molar-refractivity contribution in [3.05, 3.63) is 54.1 Å². The van der Waals surface area contributed by atoms with E-state index in [4.69, 9.17) is 23.1 Å². The van der Waals surface area contributed by atoms with Crippen LogP contribution in [0.15, 0.2) is 48.5 Å². The van der Waals surface area contributed by atoms with Gasteiger partial charge in [0.25, 0.3) is 0 Å². The molecule has 0 atom stereocenters. The predicted molar refractivity (Wildman–Crippen MR) is 126 cm³/mol. The maximum atomic E-state index is 12.1. The number of aromatic hydroxyl groups is 2. The predicted octanol–water partition coefficient (Wildman–Crippen LogP) is 3.10. The van der Waals surface area contributed by atoms with E-state index in [-0.39, 0.29) is 11.5 Å². The zero-order valence-corrected chi connectivity index (χ0v) is 20.3. The van der Waals surface area contributed by atoms with Crippen LogP contribution in [0.1, 0.15) is 29.6 Å². The van der Waals surface area contributed by atoms with Crippen LogP contribution >= 0.6 is 0 Å². The molecule has 182 valence electrons. The number of phenolic OH excluding ortho intramolecular Hbond substituents is 2. The Hall–Kier alpha value is -2.43. The highest BCUT2D eigenvalue weighted by Gasteiger charge is 2.39. The van der Waals surface area contributed by atoms with E-state index in [2.05, 4.69) is 0 Å². The van der Waals surface area contributed by atoms with Crippen molar-refractivity contribution in [3.8, 4) is 11.5 Å². The van der Waals surface area contributed by atoms with Crippen molar-refractivity contribution < 1.29 is 38.1 Å². The lowest BCUT2D eigenvalue weighted by atomic mass is 10.2. The van der Waals surface area contributed by atoms with Crippen molar-refractivity contribution in [1.82, 2.24) is 0 Å². The first-order chi connectivity index (χ1) is 16.0. The molecule has 33 heavy (non-hydrogen) atoms. The number of carbonyl (C=O) groups is 1. The quantitative estimate of drug-likeness (QED) is 0.216. The fraction of sp³-hybridized carbons (Fsp3) is 0.458. The van der Waals surface area contributed by atoms with Crippen LogP contribution in [0.4, 0.5) is 0 Å². The molecule has 8 nitrogen and oxygen atoms in total. The van der Waals surface area contributed by atoms with Crippen LogP contribution in [0.3, 0.4) is 0 Å². The first-order valence-electron chi connectivity index (χ1n) is 11.0. The molecule has 2 aromatic carbocycles. The van der Waals surface area contributed by atoms with Crippen LogP contribution in [0.25, 0.3) is 0 Å². The molecule has 0 radical (unpaired) electrons. The maximum absolute atomic E-state index is 12.1. The summed E-state index contributed by atoms with van der Waals surface area (Å²) >= 11 is 0. The minimum absolute atomic E-state index is 0.105.